The standard InChI is InChI=1S/C12H17N.C10H20N2OS/c1-5-6-7-12-11(4)8-9-13(12)10(2)3;1-3-6-11(2)14-10-4-7-12(9-13)8-5-10/h5-10H,4H2,1-3H3;9-10H,3-8H2,1-2H3/b6-5-,12-7+;. The van der Waals surface area contributed by atoms with Gasteiger partial charge in [-0.05, 0) is 64.4 Å². The summed E-state index contributed by atoms with van der Waals surface area (Å²) in [5.74, 6) is 0. The van der Waals surface area contributed by atoms with Crippen molar-refractivity contribution in [2.24, 2.45) is 0 Å². The van der Waals surface area contributed by atoms with Gasteiger partial charge in [0.1, 0.15) is 0 Å². The molecule has 0 saturated carbocycles. The SMILES string of the molecule is C=c1ccn(C(C)C)/c1=C/C=C\C.CCCN(C)SC1CCN(C=O)CC1. The number of allylic oxidation sites excluding steroid dienone is 2. The zero-order chi connectivity index (χ0) is 20.2. The van der Waals surface area contributed by atoms with Gasteiger partial charge in [0.15, 0.2) is 0 Å². The van der Waals surface area contributed by atoms with E-state index in [1.165, 1.54) is 11.8 Å². The second-order valence-corrected chi connectivity index (χ2v) is 8.72. The first-order chi connectivity index (χ1) is 12.9. The average Bonchev–Trinajstić information content (AvgIpc) is 3.02. The Labute approximate surface area is 169 Å². The van der Waals surface area contributed by atoms with Crippen LogP contribution in [0.4, 0.5) is 0 Å². The van der Waals surface area contributed by atoms with Crippen LogP contribution in [0, 0.1) is 0 Å². The van der Waals surface area contributed by atoms with Gasteiger partial charge in [-0.1, -0.05) is 37.6 Å². The summed E-state index contributed by atoms with van der Waals surface area (Å²) in [6.45, 7) is 15.6. The Kier molecular flexibility index (Phi) is 11.2. The molecule has 0 aromatic carbocycles. The minimum Gasteiger partial charge on any atom is -0.345 e. The molecule has 0 aliphatic carbocycles. The normalized spacial score (nSPS) is 16.3. The fraction of sp³-hybridized carbons (Fsp3) is 0.591. The van der Waals surface area contributed by atoms with E-state index in [0.717, 1.165) is 44.1 Å². The molecule has 2 heterocycles. The number of likely N-dealkylation sites (tertiary alicyclic amines) is 1. The smallest absolute Gasteiger partial charge is 0.209 e. The topological polar surface area (TPSA) is 28.5 Å². The molecule has 0 spiro atoms. The van der Waals surface area contributed by atoms with Crippen LogP contribution < -0.4 is 10.6 Å². The van der Waals surface area contributed by atoms with Crippen LogP contribution in [0.1, 0.15) is 53.0 Å². The number of hydrogen-bond donors (Lipinski definition) is 0. The summed E-state index contributed by atoms with van der Waals surface area (Å²) in [6.07, 6.45) is 12.7. The Bertz CT molecular complexity index is 672. The fourth-order valence-electron chi connectivity index (χ4n) is 3.04. The lowest BCUT2D eigenvalue weighted by atomic mass is 10.1. The molecule has 0 radical (unpaired) electrons. The van der Waals surface area contributed by atoms with E-state index in [0.29, 0.717) is 11.3 Å². The summed E-state index contributed by atoms with van der Waals surface area (Å²) in [7, 11) is 2.15. The highest BCUT2D eigenvalue weighted by molar-refractivity contribution is 7.97. The van der Waals surface area contributed by atoms with Gasteiger partial charge >= 0.3 is 0 Å². The lowest BCUT2D eigenvalue weighted by Crippen LogP contribution is -2.34. The number of carbonyl (C=O) groups is 1. The highest BCUT2D eigenvalue weighted by Crippen LogP contribution is 2.24. The van der Waals surface area contributed by atoms with Crippen molar-refractivity contribution >= 4 is 31.0 Å². The highest BCUT2D eigenvalue weighted by Gasteiger charge is 2.19. The zero-order valence-electron chi connectivity index (χ0n) is 17.7. The Morgan fingerprint density at radius 2 is 2.04 bits per heavy atom. The Hall–Kier alpha value is -1.46. The van der Waals surface area contributed by atoms with Gasteiger partial charge in [0, 0.05) is 42.5 Å². The number of hydrogen-bond acceptors (Lipinski definition) is 3. The lowest BCUT2D eigenvalue weighted by Gasteiger charge is -2.30. The van der Waals surface area contributed by atoms with E-state index in [4.69, 9.17) is 0 Å². The average molecular weight is 392 g/mol. The molecular weight excluding hydrogens is 354 g/mol. The van der Waals surface area contributed by atoms with Gasteiger partial charge in [0.05, 0.1) is 0 Å². The van der Waals surface area contributed by atoms with Gasteiger partial charge in [-0.2, -0.15) is 0 Å². The molecule has 27 heavy (non-hydrogen) atoms. The van der Waals surface area contributed by atoms with Gasteiger partial charge in [-0.15, -0.1) is 0 Å². The molecule has 1 aliphatic heterocycles. The number of piperidine rings is 1. The van der Waals surface area contributed by atoms with Crippen molar-refractivity contribution in [2.75, 3.05) is 26.7 Å². The van der Waals surface area contributed by atoms with E-state index in [1.54, 1.807) is 0 Å². The largest absolute Gasteiger partial charge is 0.345 e. The summed E-state index contributed by atoms with van der Waals surface area (Å²) in [5, 5.41) is 3.00. The minimum atomic E-state index is 0.493. The molecule has 0 bridgehead atoms. The van der Waals surface area contributed by atoms with E-state index in [2.05, 4.69) is 61.6 Å². The van der Waals surface area contributed by atoms with Gasteiger partial charge in [-0.25, -0.2) is 0 Å². The number of amides is 1. The quantitative estimate of drug-likeness (QED) is 0.527. The number of rotatable bonds is 7. The van der Waals surface area contributed by atoms with Crippen molar-refractivity contribution in [3.63, 3.8) is 0 Å². The van der Waals surface area contributed by atoms with Crippen LogP contribution in [-0.4, -0.2) is 52.1 Å². The van der Waals surface area contributed by atoms with Crippen molar-refractivity contribution in [3.05, 3.63) is 35.0 Å². The first-order valence-electron chi connectivity index (χ1n) is 9.98. The summed E-state index contributed by atoms with van der Waals surface area (Å²) < 4.78 is 4.55. The molecule has 1 amide bonds. The molecular formula is C22H37N3OS. The summed E-state index contributed by atoms with van der Waals surface area (Å²) in [6, 6.07) is 2.54. The summed E-state index contributed by atoms with van der Waals surface area (Å²) in [5.41, 5.74) is 0. The second kappa shape index (κ2) is 12.8. The predicted octanol–water partition coefficient (Wildman–Crippen LogP) is 3.43. The van der Waals surface area contributed by atoms with Gasteiger partial charge in [0.25, 0.3) is 0 Å². The van der Waals surface area contributed by atoms with Crippen LogP contribution in [-0.2, 0) is 4.79 Å². The van der Waals surface area contributed by atoms with Crippen LogP contribution >= 0.6 is 11.9 Å². The number of aromatic nitrogens is 1. The van der Waals surface area contributed by atoms with Crippen LogP contribution in [0.2, 0.25) is 0 Å². The first-order valence-corrected chi connectivity index (χ1v) is 10.8. The zero-order valence-corrected chi connectivity index (χ0v) is 18.5. The molecule has 0 N–H and O–H groups in total. The molecule has 0 unspecified atom stereocenters. The Morgan fingerprint density at radius 3 is 2.56 bits per heavy atom. The van der Waals surface area contributed by atoms with Crippen LogP contribution in [0.3, 0.4) is 0 Å². The van der Waals surface area contributed by atoms with Crippen LogP contribution in [0.15, 0.2) is 24.4 Å². The van der Waals surface area contributed by atoms with E-state index in [-0.39, 0.29) is 0 Å². The first kappa shape index (κ1) is 23.6. The van der Waals surface area contributed by atoms with Gasteiger partial charge in [-0.3, -0.25) is 9.10 Å². The maximum Gasteiger partial charge on any atom is 0.209 e. The lowest BCUT2D eigenvalue weighted by molar-refractivity contribution is -0.118. The Balaban J connectivity index is 0.000000271. The van der Waals surface area contributed by atoms with Gasteiger partial charge in [0.2, 0.25) is 6.41 Å². The van der Waals surface area contributed by atoms with Crippen molar-refractivity contribution in [3.8, 4) is 0 Å². The molecule has 2 rings (SSSR count). The highest BCUT2D eigenvalue weighted by atomic mass is 32.2. The molecule has 1 aromatic heterocycles. The van der Waals surface area contributed by atoms with Crippen molar-refractivity contribution < 1.29 is 4.79 Å². The molecule has 5 heteroatoms. The molecule has 1 aromatic rings. The monoisotopic (exact) mass is 391 g/mol. The maximum absolute atomic E-state index is 10.5. The third kappa shape index (κ3) is 8.39. The van der Waals surface area contributed by atoms with E-state index in [1.807, 2.05) is 35.9 Å². The number of nitrogens with zero attached hydrogens (tertiary/aromatic N) is 3. The summed E-state index contributed by atoms with van der Waals surface area (Å²) >= 11 is 1.95. The fourth-order valence-corrected chi connectivity index (χ4v) is 4.26. The van der Waals surface area contributed by atoms with E-state index < -0.39 is 0 Å². The van der Waals surface area contributed by atoms with Crippen LogP contribution in [0.25, 0.3) is 12.7 Å². The van der Waals surface area contributed by atoms with Crippen molar-refractivity contribution in [1.82, 2.24) is 13.8 Å². The van der Waals surface area contributed by atoms with E-state index in [9.17, 15) is 4.79 Å². The van der Waals surface area contributed by atoms with Gasteiger partial charge < -0.3 is 9.47 Å². The van der Waals surface area contributed by atoms with Crippen molar-refractivity contribution in [1.29, 1.82) is 0 Å². The van der Waals surface area contributed by atoms with Crippen LogP contribution in [0.5, 0.6) is 0 Å². The third-order valence-corrected chi connectivity index (χ3v) is 5.85. The number of carbonyl (C=O) groups excluding carboxylic acids is 1. The molecule has 152 valence electrons. The molecule has 1 fully saturated rings. The van der Waals surface area contributed by atoms with E-state index >= 15 is 0 Å². The second-order valence-electron chi connectivity index (χ2n) is 7.22. The third-order valence-electron chi connectivity index (χ3n) is 4.54. The maximum atomic E-state index is 10.5. The van der Waals surface area contributed by atoms with Crippen molar-refractivity contribution in [2.45, 2.75) is 58.2 Å². The Morgan fingerprint density at radius 1 is 1.37 bits per heavy atom. The molecule has 1 saturated heterocycles. The molecule has 4 nitrogen and oxygen atoms in total. The summed E-state index contributed by atoms with van der Waals surface area (Å²) in [4.78, 5) is 12.4. The molecule has 0 atom stereocenters. The predicted molar refractivity (Wildman–Crippen MR) is 120 cm³/mol. The molecule has 1 aliphatic rings. The minimum absolute atomic E-state index is 0.493.